The molecule has 0 aliphatic rings. The second kappa shape index (κ2) is 6.55. The number of rotatable bonds is 3. The average Bonchev–Trinajstić information content (AvgIpc) is 2.98. The van der Waals surface area contributed by atoms with Gasteiger partial charge < -0.3 is 4.42 Å². The molecule has 110 valence electrons. The Labute approximate surface area is 128 Å². The molecule has 1 aromatic heterocycles. The summed E-state index contributed by atoms with van der Waals surface area (Å²) in [6.07, 6.45) is 3.16. The van der Waals surface area contributed by atoms with Crippen LogP contribution in [0.5, 0.6) is 0 Å². The number of carbonyl (C=O) groups excluding carboxylic acids is 2. The lowest BCUT2D eigenvalue weighted by atomic mass is 10.1. The van der Waals surface area contributed by atoms with E-state index in [4.69, 9.17) is 4.42 Å². The number of nitrogens with zero attached hydrogens (tertiary/aromatic N) is 2. The molecule has 0 unspecified atom stereocenters. The van der Waals surface area contributed by atoms with Crippen LogP contribution < -0.4 is 4.90 Å². The molecule has 2 rings (SSSR count). The maximum Gasteiger partial charge on any atom is 0.230 e. The van der Waals surface area contributed by atoms with Gasteiger partial charge in [-0.1, -0.05) is 12.1 Å². The minimum Gasteiger partial charge on any atom is -0.465 e. The fourth-order valence-corrected chi connectivity index (χ4v) is 2.07. The number of benzene rings is 1. The van der Waals surface area contributed by atoms with Crippen molar-refractivity contribution in [1.82, 2.24) is 0 Å². The Morgan fingerprint density at radius 3 is 2.23 bits per heavy atom. The highest BCUT2D eigenvalue weighted by atomic mass is 16.3. The van der Waals surface area contributed by atoms with E-state index in [0.717, 1.165) is 4.90 Å². The molecule has 1 aromatic carbocycles. The van der Waals surface area contributed by atoms with Crippen LogP contribution in [-0.4, -0.2) is 11.8 Å². The second-order valence-corrected chi connectivity index (χ2v) is 4.61. The van der Waals surface area contributed by atoms with E-state index in [1.807, 2.05) is 0 Å². The highest BCUT2D eigenvalue weighted by molar-refractivity contribution is 6.13. The molecule has 22 heavy (non-hydrogen) atoms. The van der Waals surface area contributed by atoms with E-state index in [1.165, 1.54) is 20.1 Å². The van der Waals surface area contributed by atoms with Crippen molar-refractivity contribution >= 4 is 29.2 Å². The number of furan rings is 1. The summed E-state index contributed by atoms with van der Waals surface area (Å²) < 4.78 is 5.19. The van der Waals surface area contributed by atoms with Crippen LogP contribution >= 0.6 is 0 Å². The standard InChI is InChI=1S/C17H14N2O3/c1-12(20)19(13(2)21)16-7-5-14(6-8-16)15(11-18)10-17-4-3-9-22-17/h3-10H,1-2H3/b15-10-. The van der Waals surface area contributed by atoms with E-state index >= 15 is 0 Å². The van der Waals surface area contributed by atoms with Gasteiger partial charge in [-0.3, -0.25) is 14.5 Å². The number of allylic oxidation sites excluding steroid dienone is 1. The lowest BCUT2D eigenvalue weighted by Crippen LogP contribution is -2.32. The minimum atomic E-state index is -0.355. The van der Waals surface area contributed by atoms with Gasteiger partial charge >= 0.3 is 0 Å². The lowest BCUT2D eigenvalue weighted by Gasteiger charge is -2.17. The minimum absolute atomic E-state index is 0.355. The van der Waals surface area contributed by atoms with Gasteiger partial charge in [0.15, 0.2) is 0 Å². The van der Waals surface area contributed by atoms with Crippen molar-refractivity contribution in [2.45, 2.75) is 13.8 Å². The molecular weight excluding hydrogens is 280 g/mol. The molecule has 1 heterocycles. The summed E-state index contributed by atoms with van der Waals surface area (Å²) in [5.41, 5.74) is 1.58. The number of imide groups is 1. The van der Waals surface area contributed by atoms with Gasteiger partial charge in [-0.05, 0) is 35.9 Å². The molecular formula is C17H14N2O3. The zero-order valence-electron chi connectivity index (χ0n) is 12.2. The van der Waals surface area contributed by atoms with Gasteiger partial charge in [0.25, 0.3) is 0 Å². The van der Waals surface area contributed by atoms with Crippen molar-refractivity contribution < 1.29 is 14.0 Å². The van der Waals surface area contributed by atoms with E-state index < -0.39 is 0 Å². The molecule has 0 atom stereocenters. The molecule has 0 spiro atoms. The fourth-order valence-electron chi connectivity index (χ4n) is 2.07. The summed E-state index contributed by atoms with van der Waals surface area (Å²) in [5, 5.41) is 9.25. The van der Waals surface area contributed by atoms with Gasteiger partial charge in [0.2, 0.25) is 11.8 Å². The molecule has 0 saturated carbocycles. The highest BCUT2D eigenvalue weighted by Gasteiger charge is 2.16. The first-order chi connectivity index (χ1) is 10.5. The summed E-state index contributed by atoms with van der Waals surface area (Å²) >= 11 is 0. The Morgan fingerprint density at radius 1 is 1.14 bits per heavy atom. The van der Waals surface area contributed by atoms with Crippen LogP contribution in [-0.2, 0) is 9.59 Å². The third-order valence-electron chi connectivity index (χ3n) is 3.02. The predicted octanol–water partition coefficient (Wildman–Crippen LogP) is 3.24. The monoisotopic (exact) mass is 294 g/mol. The molecule has 5 nitrogen and oxygen atoms in total. The maximum atomic E-state index is 11.5. The molecule has 0 fully saturated rings. The molecule has 0 aliphatic heterocycles. The molecule has 0 N–H and O–H groups in total. The van der Waals surface area contributed by atoms with Gasteiger partial charge in [-0.25, -0.2) is 0 Å². The fraction of sp³-hybridized carbons (Fsp3) is 0.118. The summed E-state index contributed by atoms with van der Waals surface area (Å²) in [6, 6.07) is 12.2. The average molecular weight is 294 g/mol. The van der Waals surface area contributed by atoms with E-state index in [9.17, 15) is 14.9 Å². The van der Waals surface area contributed by atoms with Crippen LogP contribution in [0.15, 0.2) is 47.1 Å². The zero-order valence-corrected chi connectivity index (χ0v) is 12.2. The summed E-state index contributed by atoms with van der Waals surface area (Å²) in [5.74, 6) is -0.131. The van der Waals surface area contributed by atoms with E-state index in [2.05, 4.69) is 6.07 Å². The Balaban J connectivity index is 2.34. The first-order valence-corrected chi connectivity index (χ1v) is 6.60. The molecule has 0 bridgehead atoms. The van der Waals surface area contributed by atoms with Crippen LogP contribution in [0.3, 0.4) is 0 Å². The number of hydrogen-bond acceptors (Lipinski definition) is 4. The first-order valence-electron chi connectivity index (χ1n) is 6.60. The smallest absolute Gasteiger partial charge is 0.230 e. The molecule has 0 radical (unpaired) electrons. The van der Waals surface area contributed by atoms with Crippen molar-refractivity contribution in [3.8, 4) is 6.07 Å². The number of carbonyl (C=O) groups is 2. The molecule has 5 heteroatoms. The van der Waals surface area contributed by atoms with Crippen molar-refractivity contribution in [3.63, 3.8) is 0 Å². The van der Waals surface area contributed by atoms with Crippen molar-refractivity contribution in [3.05, 3.63) is 54.0 Å². The second-order valence-electron chi connectivity index (χ2n) is 4.61. The Hall–Kier alpha value is -3.13. The van der Waals surface area contributed by atoms with Crippen LogP contribution in [0.1, 0.15) is 25.2 Å². The number of hydrogen-bond donors (Lipinski definition) is 0. The molecule has 2 amide bonds. The number of anilines is 1. The predicted molar refractivity (Wildman–Crippen MR) is 82.5 cm³/mol. The number of nitriles is 1. The van der Waals surface area contributed by atoms with Gasteiger partial charge in [-0.15, -0.1) is 0 Å². The summed E-state index contributed by atoms with van der Waals surface area (Å²) in [6.45, 7) is 2.65. The van der Waals surface area contributed by atoms with Crippen molar-refractivity contribution in [1.29, 1.82) is 5.26 Å². The van der Waals surface area contributed by atoms with Crippen LogP contribution in [0.4, 0.5) is 5.69 Å². The van der Waals surface area contributed by atoms with Gasteiger partial charge in [-0.2, -0.15) is 5.26 Å². The van der Waals surface area contributed by atoms with Crippen LogP contribution in [0, 0.1) is 11.3 Å². The van der Waals surface area contributed by atoms with Gasteiger partial charge in [0.1, 0.15) is 5.76 Å². The third kappa shape index (κ3) is 3.30. The third-order valence-corrected chi connectivity index (χ3v) is 3.02. The quantitative estimate of drug-likeness (QED) is 0.814. The number of amides is 2. The van der Waals surface area contributed by atoms with Gasteiger partial charge in [0.05, 0.1) is 23.6 Å². The van der Waals surface area contributed by atoms with Crippen molar-refractivity contribution in [2.75, 3.05) is 4.90 Å². The first kappa shape index (κ1) is 15.3. The summed E-state index contributed by atoms with van der Waals surface area (Å²) in [7, 11) is 0. The SMILES string of the molecule is CC(=O)N(C(C)=O)c1ccc(/C(C#N)=C\c2ccco2)cc1. The molecule has 0 saturated heterocycles. The topological polar surface area (TPSA) is 74.3 Å². The van der Waals surface area contributed by atoms with Crippen molar-refractivity contribution in [2.24, 2.45) is 0 Å². The zero-order chi connectivity index (χ0) is 16.1. The van der Waals surface area contributed by atoms with E-state index in [1.54, 1.807) is 42.5 Å². The maximum absolute atomic E-state index is 11.5. The van der Waals surface area contributed by atoms with Crippen LogP contribution in [0.2, 0.25) is 0 Å². The Kier molecular flexibility index (Phi) is 4.54. The Bertz CT molecular complexity index is 736. The summed E-state index contributed by atoms with van der Waals surface area (Å²) in [4.78, 5) is 24.1. The molecule has 2 aromatic rings. The Morgan fingerprint density at radius 2 is 1.77 bits per heavy atom. The van der Waals surface area contributed by atoms with Crippen LogP contribution in [0.25, 0.3) is 11.6 Å². The molecule has 0 aliphatic carbocycles. The highest BCUT2D eigenvalue weighted by Crippen LogP contribution is 2.22. The largest absolute Gasteiger partial charge is 0.465 e. The van der Waals surface area contributed by atoms with E-state index in [0.29, 0.717) is 22.6 Å². The normalized spacial score (nSPS) is 10.9. The van der Waals surface area contributed by atoms with E-state index in [-0.39, 0.29) is 11.8 Å². The lowest BCUT2D eigenvalue weighted by molar-refractivity contribution is -0.124. The van der Waals surface area contributed by atoms with Gasteiger partial charge in [0, 0.05) is 13.8 Å².